The van der Waals surface area contributed by atoms with Gasteiger partial charge in [-0.15, -0.1) is 0 Å². The summed E-state index contributed by atoms with van der Waals surface area (Å²) in [7, 11) is 0. The first kappa shape index (κ1) is 11.4. The fraction of sp³-hybridized carbons (Fsp3) is 0.0714. The highest BCUT2D eigenvalue weighted by atomic mass is 15.1. The summed E-state index contributed by atoms with van der Waals surface area (Å²) < 4.78 is 0. The van der Waals surface area contributed by atoms with E-state index in [2.05, 4.69) is 10.3 Å². The number of benzene rings is 2. The van der Waals surface area contributed by atoms with Gasteiger partial charge in [0.05, 0.1) is 12.2 Å². The molecule has 0 heterocycles. The Bertz CT molecular complexity index is 477. The Balaban J connectivity index is 2.15. The third-order valence-corrected chi connectivity index (χ3v) is 2.28. The maximum Gasteiger partial charge on any atom is 0.120 e. The average Bonchev–Trinajstić information content (AvgIpc) is 2.40. The highest BCUT2D eigenvalue weighted by Crippen LogP contribution is 2.11. The Morgan fingerprint density at radius 2 is 1.53 bits per heavy atom. The number of amidine groups is 1. The van der Waals surface area contributed by atoms with E-state index in [0.717, 1.165) is 17.2 Å². The molecule has 0 fully saturated rings. The zero-order chi connectivity index (χ0) is 11.9. The van der Waals surface area contributed by atoms with E-state index in [4.69, 9.17) is 5.73 Å². The minimum Gasteiger partial charge on any atom is -0.343 e. The molecule has 0 saturated carbocycles. The van der Waals surface area contributed by atoms with Crippen molar-refractivity contribution in [3.8, 4) is 0 Å². The lowest BCUT2D eigenvalue weighted by atomic mass is 10.3. The molecule has 0 saturated heterocycles. The van der Waals surface area contributed by atoms with Gasteiger partial charge in [-0.1, -0.05) is 36.4 Å². The van der Waals surface area contributed by atoms with Crippen LogP contribution in [0.5, 0.6) is 0 Å². The van der Waals surface area contributed by atoms with Gasteiger partial charge in [-0.2, -0.15) is 0 Å². The maximum absolute atomic E-state index is 5.68. The van der Waals surface area contributed by atoms with Crippen LogP contribution in [0, 0.1) is 0 Å². The Morgan fingerprint density at radius 1 is 0.941 bits per heavy atom. The highest BCUT2D eigenvalue weighted by molar-refractivity contribution is 5.98. The van der Waals surface area contributed by atoms with Crippen LogP contribution in [-0.4, -0.2) is 12.4 Å². The van der Waals surface area contributed by atoms with Gasteiger partial charge in [-0.25, -0.2) is 4.99 Å². The highest BCUT2D eigenvalue weighted by Gasteiger charge is 1.97. The number of para-hydroxylation sites is 2. The molecule has 2 aromatic rings. The number of nitrogens with zero attached hydrogens (tertiary/aromatic N) is 1. The third kappa shape index (κ3) is 3.43. The van der Waals surface area contributed by atoms with Crippen molar-refractivity contribution in [1.29, 1.82) is 0 Å². The first-order chi connectivity index (χ1) is 8.38. The van der Waals surface area contributed by atoms with Gasteiger partial charge < -0.3 is 11.1 Å². The van der Waals surface area contributed by atoms with Crippen molar-refractivity contribution >= 4 is 17.2 Å². The molecule has 86 valence electrons. The molecule has 0 aromatic heterocycles. The van der Waals surface area contributed by atoms with Gasteiger partial charge in [0, 0.05) is 5.69 Å². The lowest BCUT2D eigenvalue weighted by Crippen LogP contribution is -2.22. The lowest BCUT2D eigenvalue weighted by molar-refractivity contribution is 1.27. The molecule has 17 heavy (non-hydrogen) atoms. The van der Waals surface area contributed by atoms with Crippen molar-refractivity contribution in [3.05, 3.63) is 60.7 Å². The molecule has 2 aromatic carbocycles. The van der Waals surface area contributed by atoms with Gasteiger partial charge >= 0.3 is 0 Å². The number of rotatable bonds is 3. The van der Waals surface area contributed by atoms with E-state index in [1.54, 1.807) is 0 Å². The largest absolute Gasteiger partial charge is 0.343 e. The summed E-state index contributed by atoms with van der Waals surface area (Å²) in [6.07, 6.45) is 0. The number of hydrogen-bond acceptors (Lipinski definition) is 2. The Morgan fingerprint density at radius 3 is 2.12 bits per heavy atom. The first-order valence-corrected chi connectivity index (χ1v) is 5.53. The topological polar surface area (TPSA) is 50.4 Å². The fourth-order valence-electron chi connectivity index (χ4n) is 1.47. The summed E-state index contributed by atoms with van der Waals surface area (Å²) in [5, 5.41) is 3.20. The van der Waals surface area contributed by atoms with Crippen LogP contribution in [0.15, 0.2) is 65.7 Å². The second kappa shape index (κ2) is 5.82. The fourth-order valence-corrected chi connectivity index (χ4v) is 1.47. The van der Waals surface area contributed by atoms with Crippen LogP contribution in [-0.2, 0) is 0 Å². The van der Waals surface area contributed by atoms with E-state index in [9.17, 15) is 0 Å². The monoisotopic (exact) mass is 226 g/mol. The molecular formula is C14H15N3. The second-order valence-electron chi connectivity index (χ2n) is 3.59. The summed E-state index contributed by atoms with van der Waals surface area (Å²) in [5.74, 6) is 0.752. The number of anilines is 1. The molecule has 3 N–H and O–H groups in total. The van der Waals surface area contributed by atoms with Crippen LogP contribution in [0.3, 0.4) is 0 Å². The van der Waals surface area contributed by atoms with Crippen molar-refractivity contribution in [2.45, 2.75) is 0 Å². The minimum absolute atomic E-state index is 0.379. The minimum atomic E-state index is 0.379. The average molecular weight is 226 g/mol. The summed E-state index contributed by atoms with van der Waals surface area (Å²) >= 11 is 0. The molecule has 0 radical (unpaired) electrons. The quantitative estimate of drug-likeness (QED) is 0.480. The number of nitrogens with two attached hydrogens (primary N) is 1. The molecular weight excluding hydrogens is 211 g/mol. The molecule has 0 atom stereocenters. The molecule has 0 amide bonds. The predicted molar refractivity (Wildman–Crippen MR) is 72.7 cm³/mol. The van der Waals surface area contributed by atoms with E-state index in [0.29, 0.717) is 6.54 Å². The van der Waals surface area contributed by atoms with Gasteiger partial charge in [0.1, 0.15) is 5.84 Å². The molecule has 0 aliphatic carbocycles. The standard InChI is InChI=1S/C14H15N3/c15-11-14(16-12-7-3-1-4-8-12)17-13-9-5-2-6-10-13/h1-10H,11,15H2,(H,16,17)/i11+1. The summed E-state index contributed by atoms with van der Waals surface area (Å²) in [6, 6.07) is 19.6. The van der Waals surface area contributed by atoms with Gasteiger partial charge in [0.2, 0.25) is 0 Å². The maximum atomic E-state index is 5.68. The van der Waals surface area contributed by atoms with E-state index in [-0.39, 0.29) is 0 Å². The molecule has 3 nitrogen and oxygen atoms in total. The second-order valence-corrected chi connectivity index (χ2v) is 3.59. The number of nitrogens with one attached hydrogen (secondary N) is 1. The van der Waals surface area contributed by atoms with E-state index in [1.165, 1.54) is 0 Å². The van der Waals surface area contributed by atoms with E-state index < -0.39 is 0 Å². The van der Waals surface area contributed by atoms with Crippen LogP contribution < -0.4 is 11.1 Å². The number of hydrogen-bond donors (Lipinski definition) is 2. The van der Waals surface area contributed by atoms with Gasteiger partial charge in [0.25, 0.3) is 0 Å². The van der Waals surface area contributed by atoms with Crippen LogP contribution >= 0.6 is 0 Å². The smallest absolute Gasteiger partial charge is 0.120 e. The zero-order valence-corrected chi connectivity index (χ0v) is 9.51. The van der Waals surface area contributed by atoms with Crippen LogP contribution in [0.4, 0.5) is 11.4 Å². The summed E-state index contributed by atoms with van der Waals surface area (Å²) in [5.41, 5.74) is 7.57. The first-order valence-electron chi connectivity index (χ1n) is 5.53. The molecule has 0 aliphatic heterocycles. The SMILES string of the molecule is N[13CH2]C(=Nc1ccccc1)Nc1ccccc1. The molecule has 0 aliphatic rings. The van der Waals surface area contributed by atoms with Crippen molar-refractivity contribution < 1.29 is 0 Å². The molecule has 0 unspecified atom stereocenters. The van der Waals surface area contributed by atoms with Crippen molar-refractivity contribution in [3.63, 3.8) is 0 Å². The molecule has 0 bridgehead atoms. The van der Waals surface area contributed by atoms with Crippen molar-refractivity contribution in [2.75, 3.05) is 11.9 Å². The van der Waals surface area contributed by atoms with Crippen LogP contribution in [0.2, 0.25) is 0 Å². The third-order valence-electron chi connectivity index (χ3n) is 2.28. The summed E-state index contributed by atoms with van der Waals surface area (Å²) in [6.45, 7) is 0.379. The Kier molecular flexibility index (Phi) is 3.89. The van der Waals surface area contributed by atoms with Gasteiger partial charge in [-0.05, 0) is 24.3 Å². The van der Waals surface area contributed by atoms with Crippen LogP contribution in [0.1, 0.15) is 0 Å². The van der Waals surface area contributed by atoms with Crippen LogP contribution in [0.25, 0.3) is 0 Å². The molecule has 2 rings (SSSR count). The number of aliphatic imine (C=N–C) groups is 1. The van der Waals surface area contributed by atoms with Crippen molar-refractivity contribution in [2.24, 2.45) is 10.7 Å². The Hall–Kier alpha value is -2.13. The van der Waals surface area contributed by atoms with E-state index in [1.807, 2.05) is 60.7 Å². The summed E-state index contributed by atoms with van der Waals surface area (Å²) in [4.78, 5) is 4.45. The Labute approximate surface area is 101 Å². The lowest BCUT2D eigenvalue weighted by Gasteiger charge is -2.07. The predicted octanol–water partition coefficient (Wildman–Crippen LogP) is 2.79. The normalized spacial score (nSPS) is 11.2. The zero-order valence-electron chi connectivity index (χ0n) is 9.51. The van der Waals surface area contributed by atoms with E-state index >= 15 is 0 Å². The van der Waals surface area contributed by atoms with Gasteiger partial charge in [-0.3, -0.25) is 0 Å². The molecule has 3 heteroatoms. The van der Waals surface area contributed by atoms with Gasteiger partial charge in [0.15, 0.2) is 0 Å². The molecule has 0 spiro atoms. The van der Waals surface area contributed by atoms with Crippen molar-refractivity contribution in [1.82, 2.24) is 0 Å².